The molecule has 0 bridgehead atoms. The molecule has 1 N–H and O–H groups in total. The number of halogens is 3. The number of hydrogen-bond donors (Lipinski definition) is 1. The van der Waals surface area contributed by atoms with Gasteiger partial charge in [-0.1, -0.05) is 13.8 Å². The van der Waals surface area contributed by atoms with Crippen molar-refractivity contribution in [2.75, 3.05) is 25.2 Å². The summed E-state index contributed by atoms with van der Waals surface area (Å²) in [6.45, 7) is 3.35. The van der Waals surface area contributed by atoms with Crippen LogP contribution in [0, 0.1) is 11.3 Å². The van der Waals surface area contributed by atoms with Crippen molar-refractivity contribution in [2.24, 2.45) is 11.3 Å². The molecule has 1 unspecified atom stereocenters. The minimum absolute atomic E-state index is 0.0492. The zero-order valence-corrected chi connectivity index (χ0v) is 13.4. The number of fused-ring (bicyclic) bond motifs is 1. The highest BCUT2D eigenvalue weighted by Crippen LogP contribution is 2.45. The molecule has 1 fully saturated rings. The number of anilines is 1. The van der Waals surface area contributed by atoms with E-state index in [9.17, 15) is 18.0 Å². The number of carbonyl (C=O) groups is 1. The van der Waals surface area contributed by atoms with E-state index in [0.717, 1.165) is 0 Å². The van der Waals surface area contributed by atoms with Gasteiger partial charge in [0.05, 0.1) is 5.92 Å². The molecule has 8 heteroatoms. The van der Waals surface area contributed by atoms with Gasteiger partial charge < -0.3 is 19.7 Å². The number of nitrogens with zero attached hydrogens (tertiary/aromatic N) is 1. The summed E-state index contributed by atoms with van der Waals surface area (Å²) in [6.07, 6.45) is -4.34. The maximum absolute atomic E-state index is 13.1. The van der Waals surface area contributed by atoms with Crippen LogP contribution in [0.5, 0.6) is 11.5 Å². The Hall–Kier alpha value is -2.12. The maximum atomic E-state index is 13.1. The standard InChI is InChI=1S/C16H19F3N2O3/c1-15(2)8-21(6-5-13(15)16(17,18)19)14(22)20-10-3-4-11-12(7-10)24-9-23-11/h3-4,7,13H,5-6,8-9H2,1-2H3,(H,20,22). The minimum Gasteiger partial charge on any atom is -0.454 e. The van der Waals surface area contributed by atoms with Crippen LogP contribution >= 0.6 is 0 Å². The van der Waals surface area contributed by atoms with Gasteiger partial charge in [0, 0.05) is 24.8 Å². The summed E-state index contributed by atoms with van der Waals surface area (Å²) in [6, 6.07) is 4.56. The van der Waals surface area contributed by atoms with Gasteiger partial charge >= 0.3 is 12.2 Å². The van der Waals surface area contributed by atoms with Crippen LogP contribution in [0.3, 0.4) is 0 Å². The lowest BCUT2D eigenvalue weighted by atomic mass is 9.73. The molecule has 0 saturated carbocycles. The second kappa shape index (κ2) is 5.75. The predicted molar refractivity (Wildman–Crippen MR) is 81.1 cm³/mol. The third-order valence-corrected chi connectivity index (χ3v) is 4.54. The third-order valence-electron chi connectivity index (χ3n) is 4.54. The Kier molecular flexibility index (Phi) is 4.01. The van der Waals surface area contributed by atoms with Crippen molar-refractivity contribution in [2.45, 2.75) is 26.4 Å². The van der Waals surface area contributed by atoms with Gasteiger partial charge in [0.25, 0.3) is 0 Å². The Morgan fingerprint density at radius 2 is 2.00 bits per heavy atom. The lowest BCUT2D eigenvalue weighted by Crippen LogP contribution is -2.53. The molecule has 0 aromatic heterocycles. The number of likely N-dealkylation sites (tertiary alicyclic amines) is 1. The molecule has 1 atom stereocenters. The fourth-order valence-corrected chi connectivity index (χ4v) is 3.31. The van der Waals surface area contributed by atoms with Crippen LogP contribution in [0.4, 0.5) is 23.7 Å². The van der Waals surface area contributed by atoms with E-state index in [1.165, 1.54) is 4.90 Å². The normalized spacial score (nSPS) is 22.4. The highest BCUT2D eigenvalue weighted by molar-refractivity contribution is 5.89. The van der Waals surface area contributed by atoms with E-state index in [-0.39, 0.29) is 26.3 Å². The summed E-state index contributed by atoms with van der Waals surface area (Å²) in [5.74, 6) is -0.274. The van der Waals surface area contributed by atoms with Gasteiger partial charge in [0.1, 0.15) is 0 Å². The summed E-state index contributed by atoms with van der Waals surface area (Å²) < 4.78 is 49.7. The van der Waals surface area contributed by atoms with Crippen molar-refractivity contribution in [3.05, 3.63) is 18.2 Å². The van der Waals surface area contributed by atoms with Crippen LogP contribution in [0.15, 0.2) is 18.2 Å². The van der Waals surface area contributed by atoms with E-state index in [0.29, 0.717) is 17.2 Å². The summed E-state index contributed by atoms with van der Waals surface area (Å²) >= 11 is 0. The van der Waals surface area contributed by atoms with Crippen LogP contribution in [0.25, 0.3) is 0 Å². The summed E-state index contributed by atoms with van der Waals surface area (Å²) in [7, 11) is 0. The van der Waals surface area contributed by atoms with Crippen LogP contribution in [0.2, 0.25) is 0 Å². The molecule has 0 radical (unpaired) electrons. The first-order valence-electron chi connectivity index (χ1n) is 7.69. The minimum atomic E-state index is -4.25. The van der Waals surface area contributed by atoms with E-state index in [4.69, 9.17) is 9.47 Å². The number of piperidine rings is 1. The van der Waals surface area contributed by atoms with Gasteiger partial charge in [-0.2, -0.15) is 13.2 Å². The molecular weight excluding hydrogens is 325 g/mol. The predicted octanol–water partition coefficient (Wildman–Crippen LogP) is 3.86. The number of alkyl halides is 3. The largest absolute Gasteiger partial charge is 0.454 e. The van der Waals surface area contributed by atoms with Crippen LogP contribution < -0.4 is 14.8 Å². The van der Waals surface area contributed by atoms with E-state index in [2.05, 4.69) is 5.32 Å². The molecule has 1 aromatic carbocycles. The molecule has 1 saturated heterocycles. The molecule has 2 aliphatic rings. The summed E-state index contributed by atoms with van der Waals surface area (Å²) in [5, 5.41) is 2.70. The van der Waals surface area contributed by atoms with Crippen molar-refractivity contribution >= 4 is 11.7 Å². The third kappa shape index (κ3) is 3.22. The van der Waals surface area contributed by atoms with Crippen LogP contribution in [-0.4, -0.2) is 37.0 Å². The molecular formula is C16H19F3N2O3. The Balaban J connectivity index is 1.66. The molecule has 5 nitrogen and oxygen atoms in total. The number of nitrogens with one attached hydrogen (secondary N) is 1. The molecule has 0 spiro atoms. The molecule has 1 aromatic rings. The Bertz CT molecular complexity index is 646. The molecule has 2 amide bonds. The number of ether oxygens (including phenoxy) is 2. The van der Waals surface area contributed by atoms with Gasteiger partial charge in [-0.05, 0) is 24.0 Å². The van der Waals surface area contributed by atoms with Gasteiger partial charge in [0.15, 0.2) is 11.5 Å². The first kappa shape index (κ1) is 16.7. The monoisotopic (exact) mass is 344 g/mol. The number of urea groups is 1. The number of rotatable bonds is 1. The van der Waals surface area contributed by atoms with Gasteiger partial charge in [0.2, 0.25) is 6.79 Å². The average molecular weight is 344 g/mol. The summed E-state index contributed by atoms with van der Waals surface area (Å²) in [5.41, 5.74) is -0.511. The topological polar surface area (TPSA) is 50.8 Å². The van der Waals surface area contributed by atoms with E-state index >= 15 is 0 Å². The fraction of sp³-hybridized carbons (Fsp3) is 0.562. The van der Waals surface area contributed by atoms with Crippen molar-refractivity contribution in [3.8, 4) is 11.5 Å². The van der Waals surface area contributed by atoms with E-state index < -0.39 is 23.5 Å². The van der Waals surface area contributed by atoms with Crippen molar-refractivity contribution in [3.63, 3.8) is 0 Å². The number of benzene rings is 1. The second-order valence-electron chi connectivity index (χ2n) is 6.79. The van der Waals surface area contributed by atoms with E-state index in [1.54, 1.807) is 32.0 Å². The SMILES string of the molecule is CC1(C)CN(C(=O)Nc2ccc3c(c2)OCO3)CCC1C(F)(F)F. The molecule has 2 heterocycles. The molecule has 2 aliphatic heterocycles. The van der Waals surface area contributed by atoms with Crippen LogP contribution in [-0.2, 0) is 0 Å². The van der Waals surface area contributed by atoms with Crippen molar-refractivity contribution < 1.29 is 27.4 Å². The Morgan fingerprint density at radius 1 is 1.29 bits per heavy atom. The number of hydrogen-bond acceptors (Lipinski definition) is 3. The number of carbonyl (C=O) groups excluding carboxylic acids is 1. The lowest BCUT2D eigenvalue weighted by molar-refractivity contribution is -0.214. The number of amides is 2. The highest BCUT2D eigenvalue weighted by Gasteiger charge is 2.51. The van der Waals surface area contributed by atoms with Crippen LogP contribution in [0.1, 0.15) is 20.3 Å². The van der Waals surface area contributed by atoms with Gasteiger partial charge in [-0.25, -0.2) is 4.79 Å². The second-order valence-corrected chi connectivity index (χ2v) is 6.79. The van der Waals surface area contributed by atoms with Crippen molar-refractivity contribution in [1.82, 2.24) is 4.90 Å². The zero-order chi connectivity index (χ0) is 17.5. The molecule has 0 aliphatic carbocycles. The quantitative estimate of drug-likeness (QED) is 0.842. The highest BCUT2D eigenvalue weighted by atomic mass is 19.4. The molecule has 3 rings (SSSR count). The zero-order valence-electron chi connectivity index (χ0n) is 13.4. The van der Waals surface area contributed by atoms with Gasteiger partial charge in [-0.15, -0.1) is 0 Å². The Labute approximate surface area is 137 Å². The van der Waals surface area contributed by atoms with Gasteiger partial charge in [-0.3, -0.25) is 0 Å². The first-order chi connectivity index (χ1) is 11.2. The maximum Gasteiger partial charge on any atom is 0.392 e. The van der Waals surface area contributed by atoms with E-state index in [1.807, 2.05) is 0 Å². The molecule has 24 heavy (non-hydrogen) atoms. The summed E-state index contributed by atoms with van der Waals surface area (Å²) in [4.78, 5) is 13.8. The molecule has 132 valence electrons. The smallest absolute Gasteiger partial charge is 0.392 e. The lowest BCUT2D eigenvalue weighted by Gasteiger charge is -2.44. The first-order valence-corrected chi connectivity index (χ1v) is 7.69. The average Bonchev–Trinajstić information content (AvgIpc) is 2.92. The van der Waals surface area contributed by atoms with Crippen molar-refractivity contribution in [1.29, 1.82) is 0 Å². The Morgan fingerprint density at radius 3 is 2.67 bits per heavy atom. The fourth-order valence-electron chi connectivity index (χ4n) is 3.31.